The second-order valence-electron chi connectivity index (χ2n) is 7.10. The topological polar surface area (TPSA) is 38.8 Å². The van der Waals surface area contributed by atoms with Gasteiger partial charge in [-0.05, 0) is 32.3 Å². The summed E-state index contributed by atoms with van der Waals surface area (Å²) in [5.74, 6) is -0.812. The molecule has 0 aliphatic carbocycles. The summed E-state index contributed by atoms with van der Waals surface area (Å²) in [5.41, 5.74) is 1.02. The van der Waals surface area contributed by atoms with Gasteiger partial charge in [0.2, 0.25) is 5.91 Å². The third-order valence-corrected chi connectivity index (χ3v) is 4.96. The van der Waals surface area contributed by atoms with Gasteiger partial charge in [-0.15, -0.1) is 6.58 Å². The molecule has 4 heteroatoms. The van der Waals surface area contributed by atoms with E-state index in [-0.39, 0.29) is 23.8 Å². The summed E-state index contributed by atoms with van der Waals surface area (Å²) < 4.78 is 11.8. The smallest absolute Gasteiger partial charge is 0.230 e. The first-order chi connectivity index (χ1) is 11.5. The quantitative estimate of drug-likeness (QED) is 0.778. The highest BCUT2D eigenvalue weighted by atomic mass is 16.7. The number of hydrogen-bond donors (Lipinski definition) is 0. The van der Waals surface area contributed by atoms with Gasteiger partial charge in [0.05, 0.1) is 18.6 Å². The molecule has 0 aromatic heterocycles. The Bertz CT molecular complexity index is 578. The van der Waals surface area contributed by atoms with Crippen LogP contribution in [0.2, 0.25) is 0 Å². The first kappa shape index (κ1) is 17.2. The number of hydrogen-bond acceptors (Lipinski definition) is 3. The molecule has 2 fully saturated rings. The highest BCUT2D eigenvalue weighted by Crippen LogP contribution is 2.37. The lowest BCUT2D eigenvalue weighted by Gasteiger charge is -2.31. The van der Waals surface area contributed by atoms with E-state index in [0.29, 0.717) is 6.61 Å². The molecule has 2 heterocycles. The summed E-state index contributed by atoms with van der Waals surface area (Å²) in [5, 5.41) is 0. The molecule has 0 spiro atoms. The molecular formula is C20H27NO3. The Labute approximate surface area is 144 Å². The molecule has 1 aromatic carbocycles. The van der Waals surface area contributed by atoms with Gasteiger partial charge in [-0.2, -0.15) is 0 Å². The maximum atomic E-state index is 13.2. The molecule has 1 aromatic rings. The van der Waals surface area contributed by atoms with Crippen molar-refractivity contribution in [2.75, 3.05) is 19.7 Å². The van der Waals surface area contributed by atoms with Crippen LogP contribution in [0.1, 0.15) is 38.2 Å². The van der Waals surface area contributed by atoms with Gasteiger partial charge < -0.3 is 14.4 Å². The Morgan fingerprint density at radius 3 is 2.50 bits per heavy atom. The van der Waals surface area contributed by atoms with Gasteiger partial charge in [0, 0.05) is 19.0 Å². The van der Waals surface area contributed by atoms with Crippen LogP contribution in [0.3, 0.4) is 0 Å². The minimum absolute atomic E-state index is 0.109. The van der Waals surface area contributed by atoms with Crippen molar-refractivity contribution in [2.45, 2.75) is 44.5 Å². The lowest BCUT2D eigenvalue weighted by molar-refractivity contribution is -0.147. The van der Waals surface area contributed by atoms with Crippen molar-refractivity contribution in [3.05, 3.63) is 48.6 Å². The molecule has 0 saturated carbocycles. The molecule has 2 aliphatic heterocycles. The highest BCUT2D eigenvalue weighted by molar-refractivity contribution is 5.84. The molecule has 130 valence electrons. The Balaban J connectivity index is 1.90. The van der Waals surface area contributed by atoms with Gasteiger partial charge in [-0.25, -0.2) is 0 Å². The molecule has 4 nitrogen and oxygen atoms in total. The largest absolute Gasteiger partial charge is 0.348 e. The van der Waals surface area contributed by atoms with Gasteiger partial charge in [-0.3, -0.25) is 4.79 Å². The number of ether oxygens (including phenoxy) is 2. The zero-order chi connectivity index (χ0) is 17.2. The summed E-state index contributed by atoms with van der Waals surface area (Å²) in [6.07, 6.45) is 3.87. The van der Waals surface area contributed by atoms with E-state index in [1.807, 2.05) is 55.2 Å². The molecule has 2 saturated heterocycles. The van der Waals surface area contributed by atoms with E-state index in [9.17, 15) is 4.79 Å². The molecule has 2 aliphatic rings. The van der Waals surface area contributed by atoms with Crippen molar-refractivity contribution in [3.8, 4) is 0 Å². The Kier molecular flexibility index (Phi) is 5.07. The number of carbonyl (C=O) groups excluding carboxylic acids is 1. The van der Waals surface area contributed by atoms with Crippen LogP contribution in [0, 0.1) is 5.92 Å². The van der Waals surface area contributed by atoms with Crippen molar-refractivity contribution >= 4 is 5.91 Å². The molecule has 24 heavy (non-hydrogen) atoms. The maximum absolute atomic E-state index is 13.2. The van der Waals surface area contributed by atoms with Gasteiger partial charge in [0.1, 0.15) is 0 Å². The number of carbonyl (C=O) groups is 1. The standard InChI is InChI=1S/C20H27NO3/c1-4-16(17-14-23-20(2,3)24-17)18(15-10-6-5-7-11-15)19(22)21-12-8-9-13-21/h4-7,10-11,16-18H,1,8-9,12-14H2,2-3H3/t16-,17+,18+/m0/s1. The van der Waals surface area contributed by atoms with Gasteiger partial charge in [0.15, 0.2) is 5.79 Å². The Morgan fingerprint density at radius 1 is 1.29 bits per heavy atom. The average Bonchev–Trinajstić information content (AvgIpc) is 3.22. The van der Waals surface area contributed by atoms with E-state index in [0.717, 1.165) is 31.5 Å². The molecule has 3 atom stereocenters. The maximum Gasteiger partial charge on any atom is 0.230 e. The summed E-state index contributed by atoms with van der Waals surface area (Å²) >= 11 is 0. The van der Waals surface area contributed by atoms with Crippen LogP contribution < -0.4 is 0 Å². The van der Waals surface area contributed by atoms with Crippen molar-refractivity contribution in [1.29, 1.82) is 0 Å². The van der Waals surface area contributed by atoms with Crippen LogP contribution in [-0.4, -0.2) is 42.4 Å². The summed E-state index contributed by atoms with van der Waals surface area (Å²) in [7, 11) is 0. The van der Waals surface area contributed by atoms with E-state index in [2.05, 4.69) is 6.58 Å². The minimum atomic E-state index is -0.607. The molecule has 0 bridgehead atoms. The zero-order valence-corrected chi connectivity index (χ0v) is 14.6. The number of likely N-dealkylation sites (tertiary alicyclic amines) is 1. The van der Waals surface area contributed by atoms with Crippen LogP contribution >= 0.6 is 0 Å². The second kappa shape index (κ2) is 7.08. The van der Waals surface area contributed by atoms with Crippen molar-refractivity contribution < 1.29 is 14.3 Å². The molecular weight excluding hydrogens is 302 g/mol. The number of amides is 1. The fourth-order valence-corrected chi connectivity index (χ4v) is 3.73. The van der Waals surface area contributed by atoms with Gasteiger partial charge in [0.25, 0.3) is 0 Å². The fraction of sp³-hybridized carbons (Fsp3) is 0.550. The molecule has 0 unspecified atom stereocenters. The number of nitrogens with zero attached hydrogens (tertiary/aromatic N) is 1. The Hall–Kier alpha value is -1.65. The molecule has 1 amide bonds. The first-order valence-electron chi connectivity index (χ1n) is 8.80. The lowest BCUT2D eigenvalue weighted by atomic mass is 9.81. The third-order valence-electron chi connectivity index (χ3n) is 4.96. The van der Waals surface area contributed by atoms with E-state index >= 15 is 0 Å². The summed E-state index contributed by atoms with van der Waals surface area (Å²) in [6.45, 7) is 10.0. The van der Waals surface area contributed by atoms with Gasteiger partial charge >= 0.3 is 0 Å². The van der Waals surface area contributed by atoms with Gasteiger partial charge in [-0.1, -0.05) is 36.4 Å². The predicted molar refractivity (Wildman–Crippen MR) is 93.6 cm³/mol. The SMILES string of the molecule is C=C[C@H]([C@H](C(=O)N1CCCC1)c1ccccc1)[C@H]1COC(C)(C)O1. The second-order valence-corrected chi connectivity index (χ2v) is 7.10. The predicted octanol–water partition coefficient (Wildman–Crippen LogP) is 3.35. The zero-order valence-electron chi connectivity index (χ0n) is 14.6. The molecule has 0 radical (unpaired) electrons. The monoisotopic (exact) mass is 329 g/mol. The highest BCUT2D eigenvalue weighted by Gasteiger charge is 2.43. The average molecular weight is 329 g/mol. The number of benzene rings is 1. The Morgan fingerprint density at radius 2 is 1.96 bits per heavy atom. The first-order valence-corrected chi connectivity index (χ1v) is 8.80. The van der Waals surface area contributed by atoms with E-state index in [1.54, 1.807) is 0 Å². The van der Waals surface area contributed by atoms with E-state index in [4.69, 9.17) is 9.47 Å². The lowest BCUT2D eigenvalue weighted by Crippen LogP contribution is -2.40. The van der Waals surface area contributed by atoms with Crippen LogP contribution in [0.15, 0.2) is 43.0 Å². The van der Waals surface area contributed by atoms with Crippen molar-refractivity contribution in [1.82, 2.24) is 4.90 Å². The fourth-order valence-electron chi connectivity index (χ4n) is 3.73. The van der Waals surface area contributed by atoms with E-state index in [1.165, 1.54) is 0 Å². The van der Waals surface area contributed by atoms with Crippen LogP contribution in [0.4, 0.5) is 0 Å². The third kappa shape index (κ3) is 3.55. The number of rotatable bonds is 5. The van der Waals surface area contributed by atoms with Crippen LogP contribution in [0.5, 0.6) is 0 Å². The van der Waals surface area contributed by atoms with E-state index < -0.39 is 5.79 Å². The van der Waals surface area contributed by atoms with Crippen molar-refractivity contribution in [2.24, 2.45) is 5.92 Å². The van der Waals surface area contributed by atoms with Crippen LogP contribution in [-0.2, 0) is 14.3 Å². The normalized spacial score (nSPS) is 25.4. The van der Waals surface area contributed by atoms with Crippen LogP contribution in [0.25, 0.3) is 0 Å². The van der Waals surface area contributed by atoms with Crippen molar-refractivity contribution in [3.63, 3.8) is 0 Å². The summed E-state index contributed by atoms with van der Waals surface area (Å²) in [4.78, 5) is 15.2. The molecule has 3 rings (SSSR count). The molecule has 0 N–H and O–H groups in total. The minimum Gasteiger partial charge on any atom is -0.348 e. The summed E-state index contributed by atoms with van der Waals surface area (Å²) in [6, 6.07) is 9.99.